The zero-order valence-corrected chi connectivity index (χ0v) is 19.2. The number of sulfone groups is 1. The van der Waals surface area contributed by atoms with Crippen LogP contribution in [0.5, 0.6) is 5.75 Å². The maximum Gasteiger partial charge on any atom is 0.262 e. The van der Waals surface area contributed by atoms with Crippen LogP contribution in [0, 0.1) is 0 Å². The Morgan fingerprint density at radius 3 is 2.71 bits per heavy atom. The molecule has 166 valence electrons. The fourth-order valence-electron chi connectivity index (χ4n) is 3.93. The number of aryl methyl sites for hydroxylation is 1. The number of carbonyl (C=O) groups is 2. The van der Waals surface area contributed by atoms with Gasteiger partial charge in [0.1, 0.15) is 10.8 Å². The van der Waals surface area contributed by atoms with E-state index in [9.17, 15) is 18.0 Å². The molecule has 0 spiro atoms. The van der Waals surface area contributed by atoms with Gasteiger partial charge in [-0.1, -0.05) is 23.7 Å². The van der Waals surface area contributed by atoms with Crippen molar-refractivity contribution in [3.8, 4) is 5.75 Å². The van der Waals surface area contributed by atoms with Crippen LogP contribution >= 0.6 is 22.9 Å². The molecular formula is C21H23ClN2O5S2. The van der Waals surface area contributed by atoms with Crippen LogP contribution < -0.4 is 15.4 Å². The van der Waals surface area contributed by atoms with E-state index in [4.69, 9.17) is 16.3 Å². The lowest BCUT2D eigenvalue weighted by Crippen LogP contribution is -2.36. The quantitative estimate of drug-likeness (QED) is 0.658. The van der Waals surface area contributed by atoms with Gasteiger partial charge in [0.05, 0.1) is 22.1 Å². The molecule has 1 saturated heterocycles. The number of thiophene rings is 1. The number of fused-ring (bicyclic) bond motifs is 1. The third-order valence-corrected chi connectivity index (χ3v) is 8.70. The van der Waals surface area contributed by atoms with Crippen molar-refractivity contribution in [2.45, 2.75) is 38.1 Å². The minimum atomic E-state index is -3.10. The van der Waals surface area contributed by atoms with E-state index in [1.54, 1.807) is 24.3 Å². The lowest BCUT2D eigenvalue weighted by atomic mass is 9.95. The number of para-hydroxylation sites is 1. The highest BCUT2D eigenvalue weighted by Gasteiger charge is 2.32. The van der Waals surface area contributed by atoms with E-state index in [0.29, 0.717) is 27.8 Å². The molecule has 1 atom stereocenters. The first kappa shape index (κ1) is 22.1. The summed E-state index contributed by atoms with van der Waals surface area (Å²) in [4.78, 5) is 26.7. The second kappa shape index (κ2) is 9.18. The van der Waals surface area contributed by atoms with Gasteiger partial charge in [0.25, 0.3) is 11.8 Å². The SMILES string of the molecule is O=C(COc1ccccc1Cl)Nc1sc2c(c1C(=O)N[C@@H]1CCS(=O)(=O)C1)CCCC2. The third kappa shape index (κ3) is 5.22. The molecule has 2 N–H and O–H groups in total. The van der Waals surface area contributed by atoms with Crippen molar-refractivity contribution in [3.63, 3.8) is 0 Å². The Balaban J connectivity index is 1.49. The fourth-order valence-corrected chi connectivity index (χ4v) is 7.09. The largest absolute Gasteiger partial charge is 0.482 e. The van der Waals surface area contributed by atoms with Gasteiger partial charge in [-0.05, 0) is 49.8 Å². The predicted molar refractivity (Wildman–Crippen MR) is 121 cm³/mol. The molecule has 0 radical (unpaired) electrons. The highest BCUT2D eigenvalue weighted by molar-refractivity contribution is 7.91. The summed E-state index contributed by atoms with van der Waals surface area (Å²) in [7, 11) is -3.10. The zero-order chi connectivity index (χ0) is 22.0. The first-order valence-corrected chi connectivity index (χ1v) is 13.2. The summed E-state index contributed by atoms with van der Waals surface area (Å²) >= 11 is 7.46. The topological polar surface area (TPSA) is 102 Å². The molecule has 1 fully saturated rings. The summed E-state index contributed by atoms with van der Waals surface area (Å²) in [5.41, 5.74) is 1.41. The van der Waals surface area contributed by atoms with E-state index < -0.39 is 21.8 Å². The molecular weight excluding hydrogens is 460 g/mol. The number of nitrogens with one attached hydrogen (secondary N) is 2. The van der Waals surface area contributed by atoms with E-state index in [1.165, 1.54) is 11.3 Å². The van der Waals surface area contributed by atoms with E-state index in [2.05, 4.69) is 10.6 Å². The number of rotatable bonds is 6. The Morgan fingerprint density at radius 2 is 1.97 bits per heavy atom. The van der Waals surface area contributed by atoms with Gasteiger partial charge < -0.3 is 15.4 Å². The number of hydrogen-bond acceptors (Lipinski definition) is 6. The second-order valence-corrected chi connectivity index (χ2v) is 11.5. The number of carbonyl (C=O) groups excluding carboxylic acids is 2. The highest BCUT2D eigenvalue weighted by atomic mass is 35.5. The van der Waals surface area contributed by atoms with Crippen molar-refractivity contribution in [2.75, 3.05) is 23.4 Å². The molecule has 10 heteroatoms. The minimum Gasteiger partial charge on any atom is -0.482 e. The van der Waals surface area contributed by atoms with Crippen LogP contribution in [0.25, 0.3) is 0 Å². The van der Waals surface area contributed by atoms with Gasteiger partial charge in [0, 0.05) is 10.9 Å². The van der Waals surface area contributed by atoms with E-state index in [-0.39, 0.29) is 24.0 Å². The number of ether oxygens (including phenoxy) is 1. The Bertz CT molecular complexity index is 1110. The van der Waals surface area contributed by atoms with E-state index >= 15 is 0 Å². The zero-order valence-electron chi connectivity index (χ0n) is 16.8. The molecule has 1 aliphatic heterocycles. The number of benzene rings is 1. The average Bonchev–Trinajstić information content (AvgIpc) is 3.26. The van der Waals surface area contributed by atoms with Crippen molar-refractivity contribution in [1.82, 2.24) is 5.32 Å². The molecule has 2 aromatic rings. The summed E-state index contributed by atoms with van der Waals surface area (Å²) in [6.45, 7) is -0.242. The molecule has 2 aliphatic rings. The average molecular weight is 483 g/mol. The molecule has 4 rings (SSSR count). The van der Waals surface area contributed by atoms with Gasteiger partial charge in [-0.15, -0.1) is 11.3 Å². The van der Waals surface area contributed by atoms with Crippen LogP contribution in [-0.4, -0.2) is 44.4 Å². The standard InChI is InChI=1S/C21H23ClN2O5S2/c22-15-6-2-3-7-16(15)29-11-18(25)24-21-19(14-5-1-4-8-17(14)30-21)20(26)23-13-9-10-31(27,28)12-13/h2-3,6-7,13H,1,4-5,8-12H2,(H,23,26)(H,24,25)/t13-/m1/s1. The number of amides is 2. The van der Waals surface area contributed by atoms with Crippen molar-refractivity contribution >= 4 is 49.6 Å². The van der Waals surface area contributed by atoms with Gasteiger partial charge in [-0.3, -0.25) is 9.59 Å². The van der Waals surface area contributed by atoms with Crippen molar-refractivity contribution in [2.24, 2.45) is 0 Å². The number of halogens is 1. The molecule has 2 heterocycles. The van der Waals surface area contributed by atoms with E-state index in [0.717, 1.165) is 36.1 Å². The fraction of sp³-hybridized carbons (Fsp3) is 0.429. The van der Waals surface area contributed by atoms with Gasteiger partial charge in [0.2, 0.25) is 0 Å². The maximum absolute atomic E-state index is 13.1. The van der Waals surface area contributed by atoms with Crippen LogP contribution in [0.1, 0.15) is 40.1 Å². The predicted octanol–water partition coefficient (Wildman–Crippen LogP) is 3.21. The van der Waals surface area contributed by atoms with Crippen molar-refractivity contribution < 1.29 is 22.7 Å². The van der Waals surface area contributed by atoms with Crippen molar-refractivity contribution in [3.05, 3.63) is 45.3 Å². The highest BCUT2D eigenvalue weighted by Crippen LogP contribution is 2.38. The van der Waals surface area contributed by atoms with Crippen molar-refractivity contribution in [1.29, 1.82) is 0 Å². The Kier molecular flexibility index (Phi) is 6.55. The summed E-state index contributed by atoms with van der Waals surface area (Å²) in [5, 5.41) is 6.56. The van der Waals surface area contributed by atoms with Crippen LogP contribution in [0.3, 0.4) is 0 Å². The molecule has 1 aromatic heterocycles. The lowest BCUT2D eigenvalue weighted by molar-refractivity contribution is -0.118. The van der Waals surface area contributed by atoms with Gasteiger partial charge in [-0.25, -0.2) is 8.42 Å². The van der Waals surface area contributed by atoms with Crippen LogP contribution in [-0.2, 0) is 27.5 Å². The van der Waals surface area contributed by atoms with Crippen LogP contribution in [0.15, 0.2) is 24.3 Å². The minimum absolute atomic E-state index is 0.0432. The molecule has 0 bridgehead atoms. The molecule has 0 saturated carbocycles. The normalized spacial score (nSPS) is 19.5. The molecule has 7 nitrogen and oxygen atoms in total. The number of anilines is 1. The molecule has 0 unspecified atom stereocenters. The maximum atomic E-state index is 13.1. The Morgan fingerprint density at radius 1 is 1.19 bits per heavy atom. The summed E-state index contributed by atoms with van der Waals surface area (Å²) < 4.78 is 29.0. The summed E-state index contributed by atoms with van der Waals surface area (Å²) in [5.74, 6) is -0.272. The Hall–Kier alpha value is -2.10. The van der Waals surface area contributed by atoms with Gasteiger partial charge in [0.15, 0.2) is 16.4 Å². The lowest BCUT2D eigenvalue weighted by Gasteiger charge is -2.15. The first-order valence-electron chi connectivity index (χ1n) is 10.2. The third-order valence-electron chi connectivity index (χ3n) is 5.41. The molecule has 2 amide bonds. The van der Waals surface area contributed by atoms with E-state index in [1.807, 2.05) is 0 Å². The molecule has 31 heavy (non-hydrogen) atoms. The monoisotopic (exact) mass is 482 g/mol. The first-order chi connectivity index (χ1) is 14.8. The molecule has 1 aromatic carbocycles. The van der Waals surface area contributed by atoms with Gasteiger partial charge in [-0.2, -0.15) is 0 Å². The summed E-state index contributed by atoms with van der Waals surface area (Å²) in [6, 6.07) is 6.48. The van der Waals surface area contributed by atoms with Crippen LogP contribution in [0.2, 0.25) is 5.02 Å². The number of hydrogen-bond donors (Lipinski definition) is 2. The molecule has 1 aliphatic carbocycles. The Labute approximate surface area is 190 Å². The second-order valence-electron chi connectivity index (χ2n) is 7.76. The smallest absolute Gasteiger partial charge is 0.262 e. The van der Waals surface area contributed by atoms with Crippen LogP contribution in [0.4, 0.5) is 5.00 Å². The van der Waals surface area contributed by atoms with Gasteiger partial charge >= 0.3 is 0 Å². The summed E-state index contributed by atoms with van der Waals surface area (Å²) in [6.07, 6.45) is 4.06.